The topological polar surface area (TPSA) is 45.0 Å². The van der Waals surface area contributed by atoms with Gasteiger partial charge in [0.15, 0.2) is 0 Å². The molecule has 0 aromatic heterocycles. The first-order valence-corrected chi connectivity index (χ1v) is 4.34. The minimum Gasteiger partial charge on any atom is -0.375 e. The first-order chi connectivity index (χ1) is 6.53. The Morgan fingerprint density at radius 3 is 2.71 bits per heavy atom. The van der Waals surface area contributed by atoms with Crippen LogP contribution in [0.2, 0.25) is 0 Å². The molecular formula is C8H11F3N2O. The van der Waals surface area contributed by atoms with E-state index in [4.69, 9.17) is 10.00 Å². The summed E-state index contributed by atoms with van der Waals surface area (Å²) < 4.78 is 40.6. The second-order valence-electron chi connectivity index (χ2n) is 3.15. The highest BCUT2D eigenvalue weighted by atomic mass is 19.4. The van der Waals surface area contributed by atoms with Crippen LogP contribution in [-0.2, 0) is 4.74 Å². The Labute approximate surface area is 79.8 Å². The predicted molar refractivity (Wildman–Crippen MR) is 42.4 cm³/mol. The highest BCUT2D eigenvalue weighted by Crippen LogP contribution is 2.17. The van der Waals surface area contributed by atoms with Crippen molar-refractivity contribution in [3.63, 3.8) is 0 Å². The zero-order valence-corrected chi connectivity index (χ0v) is 7.47. The van der Waals surface area contributed by atoms with Gasteiger partial charge < -0.3 is 4.74 Å². The summed E-state index contributed by atoms with van der Waals surface area (Å²) in [7, 11) is 0. The van der Waals surface area contributed by atoms with Crippen molar-refractivity contribution < 1.29 is 17.9 Å². The van der Waals surface area contributed by atoms with Gasteiger partial charge in [-0.25, -0.2) is 0 Å². The van der Waals surface area contributed by atoms with Gasteiger partial charge in [-0.3, -0.25) is 5.32 Å². The van der Waals surface area contributed by atoms with Gasteiger partial charge in [-0.2, -0.15) is 18.4 Å². The molecule has 2 unspecified atom stereocenters. The maximum absolute atomic E-state index is 11.8. The van der Waals surface area contributed by atoms with E-state index in [1.165, 1.54) is 0 Å². The van der Waals surface area contributed by atoms with E-state index in [-0.39, 0.29) is 0 Å². The van der Waals surface area contributed by atoms with Gasteiger partial charge in [0.05, 0.1) is 18.7 Å². The highest BCUT2D eigenvalue weighted by Gasteiger charge is 2.32. The lowest BCUT2D eigenvalue weighted by atomic mass is 10.1. The Balaban J connectivity index is 2.36. The fraction of sp³-hybridized carbons (Fsp3) is 0.875. The second kappa shape index (κ2) is 4.62. The summed E-state index contributed by atoms with van der Waals surface area (Å²) in [6.07, 6.45) is -3.24. The van der Waals surface area contributed by atoms with Crippen LogP contribution in [0.5, 0.6) is 0 Å². The molecule has 1 N–H and O–H groups in total. The minimum absolute atomic E-state index is 0.401. The zero-order chi connectivity index (χ0) is 10.6. The van der Waals surface area contributed by atoms with E-state index < -0.39 is 24.9 Å². The molecule has 6 heteroatoms. The Morgan fingerprint density at radius 1 is 1.57 bits per heavy atom. The molecule has 1 fully saturated rings. The summed E-state index contributed by atoms with van der Waals surface area (Å²) in [5, 5.41) is 10.8. The molecule has 0 amide bonds. The summed E-state index contributed by atoms with van der Waals surface area (Å²) >= 11 is 0. The Kier molecular flexibility index (Phi) is 3.72. The number of nitrogens with one attached hydrogen (secondary N) is 1. The van der Waals surface area contributed by atoms with Gasteiger partial charge in [0.2, 0.25) is 0 Å². The number of nitrogens with zero attached hydrogens (tertiary/aromatic N) is 1. The van der Waals surface area contributed by atoms with Gasteiger partial charge in [-0.05, 0) is 12.8 Å². The van der Waals surface area contributed by atoms with Crippen molar-refractivity contribution in [2.75, 3.05) is 13.2 Å². The van der Waals surface area contributed by atoms with Crippen LogP contribution < -0.4 is 5.32 Å². The maximum Gasteiger partial charge on any atom is 0.401 e. The summed E-state index contributed by atoms with van der Waals surface area (Å²) in [6.45, 7) is -0.623. The van der Waals surface area contributed by atoms with E-state index >= 15 is 0 Å². The van der Waals surface area contributed by atoms with Crippen molar-refractivity contribution in [3.05, 3.63) is 0 Å². The maximum atomic E-state index is 11.8. The molecular weight excluding hydrogens is 197 g/mol. The molecule has 1 aliphatic heterocycles. The van der Waals surface area contributed by atoms with E-state index in [1.807, 2.05) is 0 Å². The van der Waals surface area contributed by atoms with Gasteiger partial charge >= 0.3 is 6.18 Å². The Hall–Kier alpha value is -0.800. The number of hydrogen-bond donors (Lipinski definition) is 1. The third-order valence-electron chi connectivity index (χ3n) is 2.00. The molecule has 80 valence electrons. The van der Waals surface area contributed by atoms with Crippen molar-refractivity contribution in [2.24, 2.45) is 0 Å². The van der Waals surface area contributed by atoms with Crippen molar-refractivity contribution in [2.45, 2.75) is 31.2 Å². The standard InChI is InChI=1S/C8H11F3N2O/c9-8(10,11)5-13-6(4-12)7-2-1-3-14-7/h6-7,13H,1-3,5H2. The van der Waals surface area contributed by atoms with E-state index in [1.54, 1.807) is 6.07 Å². The molecule has 0 aromatic rings. The lowest BCUT2D eigenvalue weighted by molar-refractivity contribution is -0.126. The van der Waals surface area contributed by atoms with Crippen LogP contribution in [-0.4, -0.2) is 31.5 Å². The first kappa shape index (κ1) is 11.3. The van der Waals surface area contributed by atoms with Crippen molar-refractivity contribution >= 4 is 0 Å². The molecule has 0 aliphatic carbocycles. The lowest BCUT2D eigenvalue weighted by Crippen LogP contribution is -2.43. The Morgan fingerprint density at radius 2 is 2.29 bits per heavy atom. The predicted octanol–water partition coefficient (Wildman–Crippen LogP) is 1.21. The quantitative estimate of drug-likeness (QED) is 0.758. The fourth-order valence-corrected chi connectivity index (χ4v) is 1.35. The number of halogens is 3. The van der Waals surface area contributed by atoms with Crippen molar-refractivity contribution in [1.29, 1.82) is 5.26 Å². The number of nitriles is 1. The van der Waals surface area contributed by atoms with Gasteiger partial charge in [-0.15, -0.1) is 0 Å². The van der Waals surface area contributed by atoms with Crippen LogP contribution in [0.4, 0.5) is 13.2 Å². The van der Waals surface area contributed by atoms with Crippen LogP contribution in [0.1, 0.15) is 12.8 Å². The number of alkyl halides is 3. The number of hydrogen-bond acceptors (Lipinski definition) is 3. The molecule has 0 bridgehead atoms. The van der Waals surface area contributed by atoms with E-state index in [0.717, 1.165) is 6.42 Å². The molecule has 3 nitrogen and oxygen atoms in total. The van der Waals surface area contributed by atoms with Gasteiger partial charge in [0.25, 0.3) is 0 Å². The van der Waals surface area contributed by atoms with Crippen molar-refractivity contribution in [1.82, 2.24) is 5.32 Å². The molecule has 1 rings (SSSR count). The molecule has 0 saturated carbocycles. The summed E-state index contributed by atoms with van der Waals surface area (Å²) in [5.41, 5.74) is 0. The smallest absolute Gasteiger partial charge is 0.375 e. The summed E-state index contributed by atoms with van der Waals surface area (Å²) in [4.78, 5) is 0. The van der Waals surface area contributed by atoms with Crippen LogP contribution in [0.3, 0.4) is 0 Å². The van der Waals surface area contributed by atoms with Crippen LogP contribution in [0.15, 0.2) is 0 Å². The number of rotatable bonds is 3. The van der Waals surface area contributed by atoms with E-state index in [0.29, 0.717) is 13.0 Å². The zero-order valence-electron chi connectivity index (χ0n) is 7.47. The number of ether oxygens (including phenoxy) is 1. The molecule has 1 saturated heterocycles. The van der Waals surface area contributed by atoms with Gasteiger partial charge in [-0.1, -0.05) is 0 Å². The largest absolute Gasteiger partial charge is 0.401 e. The molecule has 1 aliphatic rings. The van der Waals surface area contributed by atoms with Crippen molar-refractivity contribution in [3.8, 4) is 6.07 Å². The SMILES string of the molecule is N#CC(NCC(F)(F)F)C1CCCO1. The summed E-state index contributed by atoms with van der Waals surface area (Å²) in [6, 6.07) is 0.919. The molecule has 1 heterocycles. The van der Waals surface area contributed by atoms with E-state index in [9.17, 15) is 13.2 Å². The van der Waals surface area contributed by atoms with E-state index in [2.05, 4.69) is 5.32 Å². The monoisotopic (exact) mass is 208 g/mol. The lowest BCUT2D eigenvalue weighted by Gasteiger charge is -2.18. The van der Waals surface area contributed by atoms with Gasteiger partial charge in [0.1, 0.15) is 6.04 Å². The van der Waals surface area contributed by atoms with Gasteiger partial charge in [0, 0.05) is 6.61 Å². The molecule has 2 atom stereocenters. The van der Waals surface area contributed by atoms with Crippen LogP contribution in [0.25, 0.3) is 0 Å². The highest BCUT2D eigenvalue weighted by molar-refractivity contribution is 4.97. The molecule has 0 aromatic carbocycles. The summed E-state index contributed by atoms with van der Waals surface area (Å²) in [5.74, 6) is 0. The Bertz CT molecular complexity index is 218. The molecule has 14 heavy (non-hydrogen) atoms. The third kappa shape index (κ3) is 3.52. The average Bonchev–Trinajstić information content (AvgIpc) is 2.56. The average molecular weight is 208 g/mol. The third-order valence-corrected chi connectivity index (χ3v) is 2.00. The molecule has 0 radical (unpaired) electrons. The minimum atomic E-state index is -4.28. The first-order valence-electron chi connectivity index (χ1n) is 4.34. The molecule has 0 spiro atoms. The van der Waals surface area contributed by atoms with Crippen LogP contribution in [0, 0.1) is 11.3 Å². The second-order valence-corrected chi connectivity index (χ2v) is 3.15. The normalized spacial score (nSPS) is 24.6. The van der Waals surface area contributed by atoms with Crippen LogP contribution >= 0.6 is 0 Å². The fourth-order valence-electron chi connectivity index (χ4n) is 1.35.